The fraction of sp³-hybridized carbons (Fsp3) is 0.333. The Hall–Kier alpha value is -2.90. The van der Waals surface area contributed by atoms with Gasteiger partial charge in [0.15, 0.2) is 12.0 Å². The number of aromatic nitrogens is 4. The maximum atomic E-state index is 12.6. The molecular formula is C15H15N5O3. The molecule has 0 aliphatic carbocycles. The van der Waals surface area contributed by atoms with E-state index in [9.17, 15) is 9.59 Å². The summed E-state index contributed by atoms with van der Waals surface area (Å²) < 4.78 is 6.49. The number of hydrogen-bond donors (Lipinski definition) is 1. The first kappa shape index (κ1) is 13.7. The number of fused-ring (bicyclic) bond motifs is 1. The molecule has 4 rings (SSSR count). The molecule has 8 heteroatoms. The second-order valence-electron chi connectivity index (χ2n) is 5.55. The van der Waals surface area contributed by atoms with E-state index >= 15 is 0 Å². The van der Waals surface area contributed by atoms with Crippen LogP contribution in [0.25, 0.3) is 5.65 Å². The monoisotopic (exact) mass is 313 g/mol. The van der Waals surface area contributed by atoms with Gasteiger partial charge in [-0.15, -0.1) is 0 Å². The fourth-order valence-corrected chi connectivity index (χ4v) is 3.06. The minimum Gasteiger partial charge on any atom is -0.438 e. The first-order chi connectivity index (χ1) is 11.2. The lowest BCUT2D eigenvalue weighted by Gasteiger charge is -2.34. The van der Waals surface area contributed by atoms with Crippen LogP contribution in [-0.4, -0.2) is 36.9 Å². The molecule has 1 N–H and O–H groups in total. The van der Waals surface area contributed by atoms with Gasteiger partial charge in [-0.25, -0.2) is 14.5 Å². The lowest BCUT2D eigenvalue weighted by molar-refractivity contribution is 0.0573. The summed E-state index contributed by atoms with van der Waals surface area (Å²) in [5.74, 6) is -0.0142. The molecule has 1 aliphatic rings. The van der Waals surface area contributed by atoms with Crippen molar-refractivity contribution in [3.05, 3.63) is 52.7 Å². The zero-order chi connectivity index (χ0) is 15.8. The molecule has 1 aliphatic heterocycles. The van der Waals surface area contributed by atoms with Crippen molar-refractivity contribution in [3.63, 3.8) is 0 Å². The van der Waals surface area contributed by atoms with Gasteiger partial charge in [0, 0.05) is 24.9 Å². The lowest BCUT2D eigenvalue weighted by atomic mass is 9.98. The summed E-state index contributed by atoms with van der Waals surface area (Å²) >= 11 is 0. The van der Waals surface area contributed by atoms with Crippen LogP contribution in [0.5, 0.6) is 0 Å². The molecule has 23 heavy (non-hydrogen) atoms. The summed E-state index contributed by atoms with van der Waals surface area (Å²) in [4.78, 5) is 34.8. The standard InChI is InChI=1S/C15H15N5O3/c21-14-7-10(18-13-4-5-17-20(13)14)11-3-1-2-6-19(11)15(22)12-8-16-9-23-12/h4-5,7-9,11,17H,1-3,6H2/t11-/m1/s1. The largest absolute Gasteiger partial charge is 0.438 e. The van der Waals surface area contributed by atoms with E-state index in [0.717, 1.165) is 19.3 Å². The summed E-state index contributed by atoms with van der Waals surface area (Å²) in [6, 6.07) is 2.99. The quantitative estimate of drug-likeness (QED) is 0.771. The average Bonchev–Trinajstić information content (AvgIpc) is 3.25. The number of carbonyl (C=O) groups is 1. The third-order valence-electron chi connectivity index (χ3n) is 4.15. The number of nitrogens with one attached hydrogen (secondary N) is 1. The molecule has 1 amide bonds. The molecule has 1 atom stereocenters. The summed E-state index contributed by atoms with van der Waals surface area (Å²) in [6.07, 6.45) is 6.98. The van der Waals surface area contributed by atoms with Crippen LogP contribution in [0.15, 0.2) is 40.1 Å². The Morgan fingerprint density at radius 2 is 2.30 bits per heavy atom. The third-order valence-corrected chi connectivity index (χ3v) is 4.15. The van der Waals surface area contributed by atoms with Crippen LogP contribution in [0, 0.1) is 0 Å². The molecule has 118 valence electrons. The van der Waals surface area contributed by atoms with E-state index in [4.69, 9.17) is 4.42 Å². The second kappa shape index (κ2) is 5.38. The van der Waals surface area contributed by atoms with E-state index in [2.05, 4.69) is 15.1 Å². The van der Waals surface area contributed by atoms with E-state index in [1.165, 1.54) is 23.2 Å². The van der Waals surface area contributed by atoms with Crippen LogP contribution in [0.2, 0.25) is 0 Å². The lowest BCUT2D eigenvalue weighted by Crippen LogP contribution is -2.39. The maximum absolute atomic E-state index is 12.6. The van der Waals surface area contributed by atoms with Crippen LogP contribution in [0.3, 0.4) is 0 Å². The van der Waals surface area contributed by atoms with Gasteiger partial charge in [0.2, 0.25) is 5.76 Å². The molecule has 4 heterocycles. The molecule has 0 aromatic carbocycles. The minimum absolute atomic E-state index is 0.187. The predicted molar refractivity (Wildman–Crippen MR) is 79.9 cm³/mol. The highest BCUT2D eigenvalue weighted by Crippen LogP contribution is 2.30. The zero-order valence-electron chi connectivity index (χ0n) is 12.3. The van der Waals surface area contributed by atoms with Gasteiger partial charge in [0.05, 0.1) is 17.9 Å². The number of likely N-dealkylation sites (tertiary alicyclic amines) is 1. The van der Waals surface area contributed by atoms with E-state index in [0.29, 0.717) is 17.9 Å². The van der Waals surface area contributed by atoms with Crippen LogP contribution in [-0.2, 0) is 0 Å². The van der Waals surface area contributed by atoms with E-state index in [1.807, 2.05) is 0 Å². The number of hydrogen-bond acceptors (Lipinski definition) is 5. The molecular weight excluding hydrogens is 298 g/mol. The van der Waals surface area contributed by atoms with Crippen molar-refractivity contribution in [2.75, 3.05) is 6.54 Å². The summed E-state index contributed by atoms with van der Waals surface area (Å²) in [7, 11) is 0. The predicted octanol–water partition coefficient (Wildman–Crippen LogP) is 1.38. The number of oxazole rings is 1. The number of H-pyrrole nitrogens is 1. The smallest absolute Gasteiger partial charge is 0.291 e. The first-order valence-corrected chi connectivity index (χ1v) is 7.50. The Kier molecular flexibility index (Phi) is 3.22. The van der Waals surface area contributed by atoms with Crippen LogP contribution < -0.4 is 5.56 Å². The molecule has 0 bridgehead atoms. The minimum atomic E-state index is -0.228. The Bertz CT molecular complexity index is 895. The molecule has 1 fully saturated rings. The summed E-state index contributed by atoms with van der Waals surface area (Å²) in [6.45, 7) is 0.610. The van der Waals surface area contributed by atoms with Crippen molar-refractivity contribution >= 4 is 11.6 Å². The fourth-order valence-electron chi connectivity index (χ4n) is 3.06. The first-order valence-electron chi connectivity index (χ1n) is 7.50. The van der Waals surface area contributed by atoms with Crippen molar-refractivity contribution in [1.82, 2.24) is 24.5 Å². The Labute approximate surface area is 130 Å². The number of piperidine rings is 1. The van der Waals surface area contributed by atoms with Gasteiger partial charge < -0.3 is 9.32 Å². The van der Waals surface area contributed by atoms with Crippen LogP contribution >= 0.6 is 0 Å². The van der Waals surface area contributed by atoms with Gasteiger partial charge in [-0.3, -0.25) is 14.7 Å². The number of aromatic amines is 1. The molecule has 0 saturated carbocycles. The molecule has 8 nitrogen and oxygen atoms in total. The van der Waals surface area contributed by atoms with Gasteiger partial charge in [-0.2, -0.15) is 0 Å². The zero-order valence-corrected chi connectivity index (χ0v) is 12.3. The van der Waals surface area contributed by atoms with Gasteiger partial charge in [-0.1, -0.05) is 0 Å². The summed E-state index contributed by atoms with van der Waals surface area (Å²) in [5, 5.41) is 2.81. The maximum Gasteiger partial charge on any atom is 0.291 e. The Morgan fingerprint density at radius 3 is 3.13 bits per heavy atom. The molecule has 0 spiro atoms. The van der Waals surface area contributed by atoms with Gasteiger partial charge >= 0.3 is 0 Å². The van der Waals surface area contributed by atoms with Crippen molar-refractivity contribution in [2.24, 2.45) is 0 Å². The van der Waals surface area contributed by atoms with Crippen molar-refractivity contribution < 1.29 is 9.21 Å². The molecule has 0 unspecified atom stereocenters. The highest BCUT2D eigenvalue weighted by Gasteiger charge is 2.31. The number of amides is 1. The third kappa shape index (κ3) is 2.32. The van der Waals surface area contributed by atoms with E-state index < -0.39 is 0 Å². The second-order valence-corrected chi connectivity index (χ2v) is 5.55. The number of nitrogens with zero attached hydrogens (tertiary/aromatic N) is 4. The average molecular weight is 313 g/mol. The molecule has 3 aromatic rings. The van der Waals surface area contributed by atoms with E-state index in [1.54, 1.807) is 17.2 Å². The summed E-state index contributed by atoms with van der Waals surface area (Å²) in [5.41, 5.74) is 0.972. The Balaban J connectivity index is 1.74. The Morgan fingerprint density at radius 1 is 1.39 bits per heavy atom. The van der Waals surface area contributed by atoms with Crippen molar-refractivity contribution in [3.8, 4) is 0 Å². The van der Waals surface area contributed by atoms with Crippen LogP contribution in [0.4, 0.5) is 0 Å². The van der Waals surface area contributed by atoms with Gasteiger partial charge in [-0.05, 0) is 19.3 Å². The SMILES string of the molecule is O=C(c1cnco1)N1CCCC[C@@H]1c1cc(=O)n2[nH]ccc2n1. The normalized spacial score (nSPS) is 18.4. The van der Waals surface area contributed by atoms with Gasteiger partial charge in [0.25, 0.3) is 11.5 Å². The highest BCUT2D eigenvalue weighted by atomic mass is 16.3. The number of carbonyl (C=O) groups excluding carboxylic acids is 1. The van der Waals surface area contributed by atoms with Crippen LogP contribution in [0.1, 0.15) is 41.6 Å². The van der Waals surface area contributed by atoms with Crippen molar-refractivity contribution in [2.45, 2.75) is 25.3 Å². The van der Waals surface area contributed by atoms with Crippen molar-refractivity contribution in [1.29, 1.82) is 0 Å². The number of rotatable bonds is 2. The topological polar surface area (TPSA) is 96.5 Å². The van der Waals surface area contributed by atoms with E-state index in [-0.39, 0.29) is 23.3 Å². The highest BCUT2D eigenvalue weighted by molar-refractivity contribution is 5.91. The molecule has 0 radical (unpaired) electrons. The molecule has 3 aromatic heterocycles. The van der Waals surface area contributed by atoms with Gasteiger partial charge in [0.1, 0.15) is 0 Å². The molecule has 1 saturated heterocycles.